The predicted molar refractivity (Wildman–Crippen MR) is 85.0 cm³/mol. The minimum absolute atomic E-state index is 0.133. The molecule has 1 amide bonds. The average molecular weight is 316 g/mol. The van der Waals surface area contributed by atoms with Crippen LogP contribution in [0.2, 0.25) is 0 Å². The molecule has 0 radical (unpaired) electrons. The van der Waals surface area contributed by atoms with E-state index in [9.17, 15) is 4.79 Å². The van der Waals surface area contributed by atoms with Crippen LogP contribution in [0.4, 0.5) is 0 Å². The van der Waals surface area contributed by atoms with Gasteiger partial charge in [-0.1, -0.05) is 0 Å². The summed E-state index contributed by atoms with van der Waals surface area (Å²) in [6.45, 7) is 4.15. The van der Waals surface area contributed by atoms with Gasteiger partial charge in [0, 0.05) is 50.3 Å². The Bertz CT molecular complexity index is 580. The lowest BCUT2D eigenvalue weighted by Crippen LogP contribution is -2.42. The van der Waals surface area contributed by atoms with Gasteiger partial charge in [0.05, 0.1) is 5.69 Å². The fraction of sp³-hybridized carbons (Fsp3) is 0.706. The Balaban J connectivity index is 1.46. The summed E-state index contributed by atoms with van der Waals surface area (Å²) >= 11 is 0. The summed E-state index contributed by atoms with van der Waals surface area (Å²) in [7, 11) is 0. The molecule has 4 heterocycles. The third-order valence-corrected chi connectivity index (χ3v) is 5.13. The second kappa shape index (κ2) is 6.53. The summed E-state index contributed by atoms with van der Waals surface area (Å²) in [5, 5.41) is 3.42. The number of fused-ring (bicyclic) bond motifs is 1. The number of carbonyl (C=O) groups is 1. The van der Waals surface area contributed by atoms with Crippen LogP contribution in [0.3, 0.4) is 0 Å². The smallest absolute Gasteiger partial charge is 0.252 e. The summed E-state index contributed by atoms with van der Waals surface area (Å²) < 4.78 is 5.52. The number of aromatic nitrogens is 2. The van der Waals surface area contributed by atoms with E-state index in [-0.39, 0.29) is 12.0 Å². The van der Waals surface area contributed by atoms with E-state index in [0.29, 0.717) is 19.1 Å². The van der Waals surface area contributed by atoms with Crippen molar-refractivity contribution in [3.63, 3.8) is 0 Å². The van der Waals surface area contributed by atoms with Crippen molar-refractivity contribution in [1.82, 2.24) is 20.2 Å². The lowest BCUT2D eigenvalue weighted by Gasteiger charge is -2.30. The van der Waals surface area contributed by atoms with Gasteiger partial charge in [-0.25, -0.2) is 9.97 Å². The van der Waals surface area contributed by atoms with E-state index in [4.69, 9.17) is 9.72 Å². The van der Waals surface area contributed by atoms with Gasteiger partial charge in [0.2, 0.25) is 0 Å². The monoisotopic (exact) mass is 316 g/mol. The van der Waals surface area contributed by atoms with Crippen molar-refractivity contribution in [2.75, 3.05) is 26.2 Å². The van der Waals surface area contributed by atoms with Gasteiger partial charge in [0.15, 0.2) is 0 Å². The highest BCUT2D eigenvalue weighted by atomic mass is 16.5. The van der Waals surface area contributed by atoms with Crippen LogP contribution in [0, 0.1) is 0 Å². The molecule has 2 saturated heterocycles. The molecule has 1 N–H and O–H groups in total. The fourth-order valence-corrected chi connectivity index (χ4v) is 3.76. The number of carbonyl (C=O) groups excluding carboxylic acids is 1. The van der Waals surface area contributed by atoms with E-state index in [1.165, 1.54) is 6.42 Å². The van der Waals surface area contributed by atoms with Crippen molar-refractivity contribution in [3.8, 4) is 0 Å². The molecule has 2 fully saturated rings. The number of nitrogens with one attached hydrogen (secondary N) is 1. The average Bonchev–Trinajstić information content (AvgIpc) is 3.15. The van der Waals surface area contributed by atoms with E-state index >= 15 is 0 Å². The zero-order valence-electron chi connectivity index (χ0n) is 13.5. The van der Waals surface area contributed by atoms with Crippen molar-refractivity contribution in [2.45, 2.75) is 50.7 Å². The fourth-order valence-electron chi connectivity index (χ4n) is 3.76. The van der Waals surface area contributed by atoms with Crippen LogP contribution >= 0.6 is 0 Å². The molecule has 0 saturated carbocycles. The third kappa shape index (κ3) is 3.10. The number of ether oxygens (including phenoxy) is 1. The molecule has 0 bridgehead atoms. The highest BCUT2D eigenvalue weighted by Gasteiger charge is 2.31. The molecule has 6 heteroatoms. The van der Waals surface area contributed by atoms with Crippen molar-refractivity contribution < 1.29 is 9.53 Å². The van der Waals surface area contributed by atoms with Crippen LogP contribution in [0.25, 0.3) is 0 Å². The largest absolute Gasteiger partial charge is 0.368 e. The molecule has 124 valence electrons. The lowest BCUT2D eigenvalue weighted by atomic mass is 9.98. The Morgan fingerprint density at radius 2 is 2.30 bits per heavy atom. The molecule has 23 heavy (non-hydrogen) atoms. The summed E-state index contributed by atoms with van der Waals surface area (Å²) in [6, 6.07) is 0. The summed E-state index contributed by atoms with van der Waals surface area (Å²) in [4.78, 5) is 23.8. The molecule has 0 unspecified atom stereocenters. The zero-order chi connectivity index (χ0) is 15.6. The standard InChI is InChI=1S/C17H24N4O2/c22-17(15-4-2-8-23-15)21-7-5-14-13(11-21)10-19-16(20-14)12-3-1-6-18-9-12/h10,12,15,18H,1-9,11H2/t12-,15-/m1/s1. The first kappa shape index (κ1) is 15.0. The normalized spacial score (nSPS) is 27.7. The third-order valence-electron chi connectivity index (χ3n) is 5.13. The second-order valence-electron chi connectivity index (χ2n) is 6.75. The minimum Gasteiger partial charge on any atom is -0.368 e. The van der Waals surface area contributed by atoms with Gasteiger partial charge in [0.25, 0.3) is 5.91 Å². The van der Waals surface area contributed by atoms with Crippen LogP contribution in [-0.4, -0.2) is 53.1 Å². The van der Waals surface area contributed by atoms with Crippen LogP contribution in [-0.2, 0) is 22.5 Å². The molecule has 0 spiro atoms. The van der Waals surface area contributed by atoms with Crippen LogP contribution < -0.4 is 5.32 Å². The quantitative estimate of drug-likeness (QED) is 0.882. The topological polar surface area (TPSA) is 67.3 Å². The molecular formula is C17H24N4O2. The first-order valence-corrected chi connectivity index (χ1v) is 8.77. The van der Waals surface area contributed by atoms with Gasteiger partial charge in [0.1, 0.15) is 11.9 Å². The summed E-state index contributed by atoms with van der Waals surface area (Å²) in [6.07, 6.45) is 6.72. The summed E-state index contributed by atoms with van der Waals surface area (Å²) in [5.41, 5.74) is 2.21. The van der Waals surface area contributed by atoms with Gasteiger partial charge in [-0.3, -0.25) is 4.79 Å². The molecule has 3 aliphatic rings. The second-order valence-corrected chi connectivity index (χ2v) is 6.75. The first-order chi connectivity index (χ1) is 11.3. The highest BCUT2D eigenvalue weighted by molar-refractivity contribution is 5.81. The molecule has 0 aromatic carbocycles. The van der Waals surface area contributed by atoms with Crippen molar-refractivity contribution >= 4 is 5.91 Å². The van der Waals surface area contributed by atoms with Crippen molar-refractivity contribution in [1.29, 1.82) is 0 Å². The Hall–Kier alpha value is -1.53. The molecule has 1 aromatic rings. The van der Waals surface area contributed by atoms with Crippen LogP contribution in [0.5, 0.6) is 0 Å². The predicted octanol–water partition coefficient (Wildman–Crippen LogP) is 1.01. The zero-order valence-corrected chi connectivity index (χ0v) is 13.5. The van der Waals surface area contributed by atoms with Gasteiger partial charge >= 0.3 is 0 Å². The van der Waals surface area contributed by atoms with Crippen molar-refractivity contribution in [3.05, 3.63) is 23.3 Å². The first-order valence-electron chi connectivity index (χ1n) is 8.77. The Kier molecular flexibility index (Phi) is 4.27. The van der Waals surface area contributed by atoms with Gasteiger partial charge in [-0.2, -0.15) is 0 Å². The summed E-state index contributed by atoms with van der Waals surface area (Å²) in [5.74, 6) is 1.53. The van der Waals surface area contributed by atoms with Gasteiger partial charge in [-0.15, -0.1) is 0 Å². The number of hydrogen-bond donors (Lipinski definition) is 1. The lowest BCUT2D eigenvalue weighted by molar-refractivity contribution is -0.141. The highest BCUT2D eigenvalue weighted by Crippen LogP contribution is 2.24. The van der Waals surface area contributed by atoms with E-state index < -0.39 is 0 Å². The number of amides is 1. The van der Waals surface area contributed by atoms with Gasteiger partial charge < -0.3 is 15.0 Å². The molecular weight excluding hydrogens is 292 g/mol. The molecule has 0 aliphatic carbocycles. The molecule has 6 nitrogen and oxygen atoms in total. The van der Waals surface area contributed by atoms with E-state index in [0.717, 1.165) is 62.4 Å². The number of hydrogen-bond acceptors (Lipinski definition) is 5. The maximum absolute atomic E-state index is 12.5. The number of nitrogens with zero attached hydrogens (tertiary/aromatic N) is 3. The van der Waals surface area contributed by atoms with E-state index in [2.05, 4.69) is 10.3 Å². The van der Waals surface area contributed by atoms with E-state index in [1.807, 2.05) is 11.1 Å². The SMILES string of the molecule is O=C([C@H]1CCCO1)N1CCc2nc([C@@H]3CCCNC3)ncc2C1. The van der Waals surface area contributed by atoms with E-state index in [1.54, 1.807) is 0 Å². The molecule has 1 aromatic heterocycles. The maximum atomic E-state index is 12.5. The molecule has 4 rings (SSSR count). The minimum atomic E-state index is -0.231. The van der Waals surface area contributed by atoms with Gasteiger partial charge in [-0.05, 0) is 32.2 Å². The Labute approximate surface area is 136 Å². The molecule has 2 atom stereocenters. The Morgan fingerprint density at radius 1 is 1.35 bits per heavy atom. The molecule has 3 aliphatic heterocycles. The Morgan fingerprint density at radius 3 is 3.09 bits per heavy atom. The van der Waals surface area contributed by atoms with Crippen molar-refractivity contribution in [2.24, 2.45) is 0 Å². The number of piperidine rings is 1. The van der Waals surface area contributed by atoms with Crippen LogP contribution in [0.1, 0.15) is 48.7 Å². The maximum Gasteiger partial charge on any atom is 0.252 e. The number of rotatable bonds is 2. The van der Waals surface area contributed by atoms with Crippen LogP contribution in [0.15, 0.2) is 6.20 Å².